The highest BCUT2D eigenvalue weighted by Crippen LogP contribution is 2.45. The molecule has 3 atom stereocenters. The highest BCUT2D eigenvalue weighted by Gasteiger charge is 2.40. The minimum atomic E-state index is -0.600. The molecule has 1 aliphatic heterocycles. The van der Waals surface area contributed by atoms with Crippen molar-refractivity contribution in [2.45, 2.75) is 31.7 Å². The lowest BCUT2D eigenvalue weighted by Crippen LogP contribution is -2.29. The fourth-order valence-corrected chi connectivity index (χ4v) is 2.96. The largest absolute Gasteiger partial charge is 0.316 e. The molecule has 3 fully saturated rings. The minimum absolute atomic E-state index is 0.303. The second-order valence-corrected chi connectivity index (χ2v) is 4.63. The van der Waals surface area contributed by atoms with Gasteiger partial charge in [0.15, 0.2) is 0 Å². The van der Waals surface area contributed by atoms with E-state index >= 15 is 0 Å². The molecule has 3 rings (SSSR count). The van der Waals surface area contributed by atoms with E-state index in [2.05, 4.69) is 15.6 Å². The summed E-state index contributed by atoms with van der Waals surface area (Å²) in [5.41, 5.74) is 0. The first-order valence-electron chi connectivity index (χ1n) is 5.42. The highest BCUT2D eigenvalue weighted by molar-refractivity contribution is 6.45. The SMILES string of the molecule is O=C1NC(=NC2CC3CCC2C3)NC1=O. The quantitative estimate of drug-likeness (QED) is 0.583. The number of nitrogens with one attached hydrogen (secondary N) is 2. The lowest BCUT2D eigenvalue weighted by atomic mass is 9.96. The molecular weight excluding hydrogens is 194 g/mol. The third kappa shape index (κ3) is 1.42. The number of nitrogens with zero attached hydrogens (tertiary/aromatic N) is 1. The van der Waals surface area contributed by atoms with Crippen LogP contribution in [-0.4, -0.2) is 23.8 Å². The van der Waals surface area contributed by atoms with Crippen LogP contribution in [0.3, 0.4) is 0 Å². The molecule has 80 valence electrons. The van der Waals surface area contributed by atoms with Crippen LogP contribution < -0.4 is 10.6 Å². The highest BCUT2D eigenvalue weighted by atomic mass is 16.2. The van der Waals surface area contributed by atoms with E-state index in [0.29, 0.717) is 17.9 Å². The molecule has 2 bridgehead atoms. The first kappa shape index (κ1) is 8.88. The average molecular weight is 207 g/mol. The van der Waals surface area contributed by atoms with Crippen LogP contribution >= 0.6 is 0 Å². The maximum atomic E-state index is 10.9. The normalized spacial score (nSPS) is 38.1. The summed E-state index contributed by atoms with van der Waals surface area (Å²) in [6.07, 6.45) is 4.95. The smallest absolute Gasteiger partial charge is 0.288 e. The summed E-state index contributed by atoms with van der Waals surface area (Å²) in [5.74, 6) is 0.630. The molecule has 2 amide bonds. The van der Waals surface area contributed by atoms with Crippen molar-refractivity contribution in [3.8, 4) is 0 Å². The van der Waals surface area contributed by atoms with Gasteiger partial charge in [-0.15, -0.1) is 0 Å². The van der Waals surface area contributed by atoms with Gasteiger partial charge in [0.25, 0.3) is 0 Å². The predicted molar refractivity (Wildman–Crippen MR) is 53.0 cm³/mol. The van der Waals surface area contributed by atoms with Crippen LogP contribution in [0.2, 0.25) is 0 Å². The molecule has 0 radical (unpaired) electrons. The zero-order valence-corrected chi connectivity index (χ0v) is 8.32. The Hall–Kier alpha value is -1.39. The molecule has 2 aliphatic carbocycles. The van der Waals surface area contributed by atoms with Crippen molar-refractivity contribution in [1.82, 2.24) is 10.6 Å². The molecule has 0 aromatic rings. The van der Waals surface area contributed by atoms with Gasteiger partial charge in [-0.05, 0) is 31.1 Å². The van der Waals surface area contributed by atoms with E-state index in [4.69, 9.17) is 0 Å². The van der Waals surface area contributed by atoms with Crippen LogP contribution in [-0.2, 0) is 9.59 Å². The summed E-state index contributed by atoms with van der Waals surface area (Å²) in [6, 6.07) is 0.303. The zero-order chi connectivity index (χ0) is 10.4. The van der Waals surface area contributed by atoms with Gasteiger partial charge in [0.05, 0.1) is 6.04 Å². The van der Waals surface area contributed by atoms with Crippen molar-refractivity contribution < 1.29 is 9.59 Å². The second kappa shape index (κ2) is 3.05. The molecule has 5 heteroatoms. The monoisotopic (exact) mass is 207 g/mol. The summed E-state index contributed by atoms with van der Waals surface area (Å²) in [5, 5.41) is 4.88. The fourth-order valence-electron chi connectivity index (χ4n) is 2.96. The third-order valence-corrected chi connectivity index (χ3v) is 3.67. The van der Waals surface area contributed by atoms with E-state index < -0.39 is 11.8 Å². The van der Waals surface area contributed by atoms with E-state index in [9.17, 15) is 9.59 Å². The molecule has 5 nitrogen and oxygen atoms in total. The Morgan fingerprint density at radius 1 is 1.07 bits per heavy atom. The van der Waals surface area contributed by atoms with Crippen LogP contribution in [0.4, 0.5) is 0 Å². The Labute approximate surface area is 87.3 Å². The Morgan fingerprint density at radius 2 is 1.80 bits per heavy atom. The molecule has 1 heterocycles. The number of fused-ring (bicyclic) bond motifs is 2. The number of hydrogen-bond donors (Lipinski definition) is 2. The number of carbonyl (C=O) groups excluding carboxylic acids is 2. The topological polar surface area (TPSA) is 70.6 Å². The van der Waals surface area contributed by atoms with Gasteiger partial charge in [0, 0.05) is 0 Å². The molecule has 15 heavy (non-hydrogen) atoms. The number of rotatable bonds is 1. The minimum Gasteiger partial charge on any atom is -0.288 e. The lowest BCUT2D eigenvalue weighted by molar-refractivity contribution is -0.135. The van der Waals surface area contributed by atoms with Crippen molar-refractivity contribution in [2.24, 2.45) is 16.8 Å². The van der Waals surface area contributed by atoms with E-state index in [0.717, 1.165) is 12.3 Å². The Balaban J connectivity index is 1.73. The molecule has 3 unspecified atom stereocenters. The van der Waals surface area contributed by atoms with Gasteiger partial charge in [0.2, 0.25) is 5.96 Å². The number of guanidine groups is 1. The first-order chi connectivity index (χ1) is 7.22. The van der Waals surface area contributed by atoms with Gasteiger partial charge in [0.1, 0.15) is 0 Å². The first-order valence-corrected chi connectivity index (χ1v) is 5.42. The van der Waals surface area contributed by atoms with E-state index in [1.54, 1.807) is 0 Å². The molecule has 2 N–H and O–H groups in total. The van der Waals surface area contributed by atoms with Crippen molar-refractivity contribution >= 4 is 17.8 Å². The van der Waals surface area contributed by atoms with Gasteiger partial charge < -0.3 is 0 Å². The zero-order valence-electron chi connectivity index (χ0n) is 8.32. The van der Waals surface area contributed by atoms with Crippen LogP contribution in [0.5, 0.6) is 0 Å². The fraction of sp³-hybridized carbons (Fsp3) is 0.700. The van der Waals surface area contributed by atoms with Gasteiger partial charge in [-0.2, -0.15) is 0 Å². The number of hydrogen-bond acceptors (Lipinski definition) is 3. The number of aliphatic imine (C=N–C) groups is 1. The average Bonchev–Trinajstić information content (AvgIpc) is 2.84. The van der Waals surface area contributed by atoms with Crippen LogP contribution in [0.1, 0.15) is 25.7 Å². The standard InChI is InChI=1S/C10H13N3O2/c14-8-9(15)13-10(12-8)11-7-4-5-1-2-6(7)3-5/h5-7H,1-4H2,(H2,11,12,13,14,15). The third-order valence-electron chi connectivity index (χ3n) is 3.67. The van der Waals surface area contributed by atoms with Gasteiger partial charge in [-0.3, -0.25) is 20.2 Å². The molecule has 0 aromatic heterocycles. The van der Waals surface area contributed by atoms with E-state index in [1.807, 2.05) is 0 Å². The van der Waals surface area contributed by atoms with Gasteiger partial charge in [-0.1, -0.05) is 6.42 Å². The molecule has 1 saturated heterocycles. The molecule has 3 aliphatic rings. The summed E-state index contributed by atoms with van der Waals surface area (Å²) in [7, 11) is 0. The number of carbonyl (C=O) groups is 2. The molecule has 2 saturated carbocycles. The summed E-state index contributed by atoms with van der Waals surface area (Å²) >= 11 is 0. The second-order valence-electron chi connectivity index (χ2n) is 4.63. The molecule has 0 aromatic carbocycles. The molecule has 0 spiro atoms. The van der Waals surface area contributed by atoms with Gasteiger partial charge >= 0.3 is 11.8 Å². The van der Waals surface area contributed by atoms with Crippen LogP contribution in [0, 0.1) is 11.8 Å². The number of amides is 2. The maximum Gasteiger partial charge on any atom is 0.316 e. The van der Waals surface area contributed by atoms with Crippen molar-refractivity contribution in [1.29, 1.82) is 0 Å². The van der Waals surface area contributed by atoms with E-state index in [1.165, 1.54) is 19.3 Å². The predicted octanol–water partition coefficient (Wildman–Crippen LogP) is -0.223. The van der Waals surface area contributed by atoms with Crippen LogP contribution in [0.25, 0.3) is 0 Å². The summed E-state index contributed by atoms with van der Waals surface area (Å²) in [6.45, 7) is 0. The van der Waals surface area contributed by atoms with E-state index in [-0.39, 0.29) is 0 Å². The lowest BCUT2D eigenvalue weighted by Gasteiger charge is -2.17. The Morgan fingerprint density at radius 3 is 2.33 bits per heavy atom. The van der Waals surface area contributed by atoms with Gasteiger partial charge in [-0.25, -0.2) is 4.99 Å². The van der Waals surface area contributed by atoms with Crippen molar-refractivity contribution in [3.05, 3.63) is 0 Å². The van der Waals surface area contributed by atoms with Crippen molar-refractivity contribution in [3.63, 3.8) is 0 Å². The Kier molecular flexibility index (Phi) is 1.81. The Bertz CT molecular complexity index is 346. The van der Waals surface area contributed by atoms with Crippen LogP contribution in [0.15, 0.2) is 4.99 Å². The summed E-state index contributed by atoms with van der Waals surface area (Å²) in [4.78, 5) is 26.2. The molecular formula is C10H13N3O2. The van der Waals surface area contributed by atoms with Crippen molar-refractivity contribution in [2.75, 3.05) is 0 Å². The maximum absolute atomic E-state index is 10.9. The summed E-state index contributed by atoms with van der Waals surface area (Å²) < 4.78 is 0.